The number of nitrogens with one attached hydrogen (secondary N) is 1. The topological polar surface area (TPSA) is 67.4 Å². The van der Waals surface area contributed by atoms with E-state index in [0.717, 1.165) is 37.2 Å². The van der Waals surface area contributed by atoms with Crippen LogP contribution in [0, 0.1) is 12.8 Å². The third kappa shape index (κ3) is 4.63. The molecule has 0 spiro atoms. The van der Waals surface area contributed by atoms with Gasteiger partial charge in [-0.3, -0.25) is 14.7 Å². The Bertz CT molecular complexity index is 809. The largest absolute Gasteiger partial charge is 0.481 e. The van der Waals surface area contributed by atoms with Crippen LogP contribution in [-0.4, -0.2) is 48.0 Å². The number of likely N-dealkylation sites (tertiary alicyclic amines) is 1. The molecule has 3 rings (SSSR count). The minimum atomic E-state index is -0.0992. The predicted molar refractivity (Wildman–Crippen MR) is 105 cm³/mol. The average Bonchev–Trinajstić information content (AvgIpc) is 3.14. The first kappa shape index (κ1) is 19.3. The van der Waals surface area contributed by atoms with E-state index >= 15 is 0 Å². The Kier molecular flexibility index (Phi) is 6.06. The zero-order valence-corrected chi connectivity index (χ0v) is 16.5. The van der Waals surface area contributed by atoms with Gasteiger partial charge in [0.1, 0.15) is 0 Å². The number of carbonyl (C=O) groups is 1. The minimum Gasteiger partial charge on any atom is -0.481 e. The normalized spacial score (nSPS) is 18.3. The van der Waals surface area contributed by atoms with Crippen LogP contribution < -0.4 is 10.1 Å². The Hall–Kier alpha value is -2.47. The van der Waals surface area contributed by atoms with Crippen molar-refractivity contribution in [1.29, 1.82) is 0 Å². The van der Waals surface area contributed by atoms with Crippen molar-refractivity contribution < 1.29 is 9.53 Å². The van der Waals surface area contributed by atoms with Crippen LogP contribution in [0.25, 0.3) is 0 Å². The number of ether oxygens (including phenoxy) is 1. The van der Waals surface area contributed by atoms with Gasteiger partial charge in [-0.2, -0.15) is 0 Å². The number of rotatable bonds is 6. The van der Waals surface area contributed by atoms with E-state index in [1.165, 1.54) is 5.56 Å². The van der Waals surface area contributed by atoms with E-state index in [1.807, 2.05) is 25.3 Å². The molecule has 0 bridgehead atoms. The standard InChI is InChI=1S/C21H28N4O2/c1-14-7-17(9-20(24-14)27-4)8-16-5-6-25(13-16)15(2)18-10-19(12-23-11-18)21(26)22-3/h7,9-12,15-16H,5-6,8,13H2,1-4H3,(H,22,26)/t15?,16-/m1/s1. The van der Waals surface area contributed by atoms with E-state index in [-0.39, 0.29) is 11.9 Å². The summed E-state index contributed by atoms with van der Waals surface area (Å²) < 4.78 is 5.30. The highest BCUT2D eigenvalue weighted by Crippen LogP contribution is 2.29. The molecule has 1 unspecified atom stereocenters. The molecule has 0 saturated carbocycles. The first-order valence-electron chi connectivity index (χ1n) is 9.42. The fourth-order valence-corrected chi connectivity index (χ4v) is 3.81. The molecule has 1 fully saturated rings. The molecule has 1 amide bonds. The summed E-state index contributed by atoms with van der Waals surface area (Å²) in [5, 5.41) is 2.66. The molecule has 27 heavy (non-hydrogen) atoms. The van der Waals surface area contributed by atoms with Crippen LogP contribution in [0.3, 0.4) is 0 Å². The maximum Gasteiger partial charge on any atom is 0.252 e. The summed E-state index contributed by atoms with van der Waals surface area (Å²) in [4.78, 5) is 23.0. The Balaban J connectivity index is 1.65. The Labute approximate surface area is 161 Å². The second kappa shape index (κ2) is 8.48. The van der Waals surface area contributed by atoms with Crippen molar-refractivity contribution in [3.8, 4) is 5.88 Å². The molecule has 0 aromatic carbocycles. The first-order valence-corrected chi connectivity index (χ1v) is 9.42. The summed E-state index contributed by atoms with van der Waals surface area (Å²) in [6, 6.07) is 6.36. The van der Waals surface area contributed by atoms with E-state index in [4.69, 9.17) is 4.74 Å². The molecule has 1 aliphatic heterocycles. The number of pyridine rings is 2. The van der Waals surface area contributed by atoms with Gasteiger partial charge in [-0.25, -0.2) is 4.98 Å². The summed E-state index contributed by atoms with van der Waals surface area (Å²) in [7, 11) is 3.30. The second-order valence-corrected chi connectivity index (χ2v) is 7.27. The summed E-state index contributed by atoms with van der Waals surface area (Å²) in [5.74, 6) is 1.19. The fourth-order valence-electron chi connectivity index (χ4n) is 3.81. The number of nitrogens with zero attached hydrogens (tertiary/aromatic N) is 3. The Morgan fingerprint density at radius 2 is 2.19 bits per heavy atom. The van der Waals surface area contributed by atoms with Crippen molar-refractivity contribution in [3.05, 3.63) is 53.0 Å². The summed E-state index contributed by atoms with van der Waals surface area (Å²) in [6.07, 6.45) is 5.67. The number of aromatic nitrogens is 2. The molecule has 144 valence electrons. The van der Waals surface area contributed by atoms with Gasteiger partial charge in [0.2, 0.25) is 5.88 Å². The average molecular weight is 368 g/mol. The van der Waals surface area contributed by atoms with E-state index in [9.17, 15) is 4.79 Å². The zero-order chi connectivity index (χ0) is 19.4. The van der Waals surface area contributed by atoms with Crippen LogP contribution in [-0.2, 0) is 6.42 Å². The van der Waals surface area contributed by atoms with E-state index in [0.29, 0.717) is 17.4 Å². The number of amides is 1. The molecule has 0 aliphatic carbocycles. The maximum absolute atomic E-state index is 11.9. The van der Waals surface area contributed by atoms with E-state index < -0.39 is 0 Å². The quantitative estimate of drug-likeness (QED) is 0.849. The summed E-state index contributed by atoms with van der Waals surface area (Å²) in [6.45, 7) is 6.28. The molecule has 6 heteroatoms. The molecule has 6 nitrogen and oxygen atoms in total. The third-order valence-electron chi connectivity index (χ3n) is 5.32. The highest BCUT2D eigenvalue weighted by Gasteiger charge is 2.27. The predicted octanol–water partition coefficient (Wildman–Crippen LogP) is 2.78. The van der Waals surface area contributed by atoms with Crippen LogP contribution in [0.15, 0.2) is 30.6 Å². The van der Waals surface area contributed by atoms with Gasteiger partial charge >= 0.3 is 0 Å². The Morgan fingerprint density at radius 1 is 1.37 bits per heavy atom. The highest BCUT2D eigenvalue weighted by molar-refractivity contribution is 5.93. The third-order valence-corrected chi connectivity index (χ3v) is 5.32. The van der Waals surface area contributed by atoms with Gasteiger partial charge in [-0.1, -0.05) is 0 Å². The van der Waals surface area contributed by atoms with Crippen molar-refractivity contribution >= 4 is 5.91 Å². The van der Waals surface area contributed by atoms with Crippen LogP contribution in [0.4, 0.5) is 0 Å². The number of hydrogen-bond acceptors (Lipinski definition) is 5. The monoisotopic (exact) mass is 368 g/mol. The van der Waals surface area contributed by atoms with Crippen LogP contribution in [0.2, 0.25) is 0 Å². The first-order chi connectivity index (χ1) is 13.0. The SMILES string of the molecule is CNC(=O)c1cncc(C(C)N2CC[C@H](Cc3cc(C)nc(OC)c3)C2)c1. The molecule has 1 N–H and O–H groups in total. The molecular weight excluding hydrogens is 340 g/mol. The van der Waals surface area contributed by atoms with Crippen LogP contribution in [0.1, 0.15) is 46.6 Å². The molecular formula is C21H28N4O2. The van der Waals surface area contributed by atoms with Gasteiger partial charge in [0.15, 0.2) is 0 Å². The van der Waals surface area contributed by atoms with Crippen molar-refractivity contribution in [2.45, 2.75) is 32.7 Å². The number of carbonyl (C=O) groups excluding carboxylic acids is 1. The van der Waals surface area contributed by atoms with Crippen molar-refractivity contribution in [1.82, 2.24) is 20.2 Å². The number of methoxy groups -OCH3 is 1. The van der Waals surface area contributed by atoms with Crippen molar-refractivity contribution in [2.24, 2.45) is 5.92 Å². The van der Waals surface area contributed by atoms with Crippen molar-refractivity contribution in [2.75, 3.05) is 27.2 Å². The minimum absolute atomic E-state index is 0.0992. The number of hydrogen-bond donors (Lipinski definition) is 1. The summed E-state index contributed by atoms with van der Waals surface area (Å²) in [5.41, 5.74) is 3.96. The van der Waals surface area contributed by atoms with Gasteiger partial charge in [0, 0.05) is 43.8 Å². The van der Waals surface area contributed by atoms with Crippen LogP contribution in [0.5, 0.6) is 5.88 Å². The molecule has 2 atom stereocenters. The summed E-state index contributed by atoms with van der Waals surface area (Å²) >= 11 is 0. The lowest BCUT2D eigenvalue weighted by molar-refractivity contribution is 0.0962. The smallest absolute Gasteiger partial charge is 0.252 e. The van der Waals surface area contributed by atoms with Gasteiger partial charge in [0.05, 0.1) is 12.7 Å². The van der Waals surface area contributed by atoms with Gasteiger partial charge in [-0.15, -0.1) is 0 Å². The molecule has 0 radical (unpaired) electrons. The fraction of sp³-hybridized carbons (Fsp3) is 0.476. The van der Waals surface area contributed by atoms with E-state index in [1.54, 1.807) is 20.4 Å². The van der Waals surface area contributed by atoms with E-state index in [2.05, 4.69) is 33.2 Å². The molecule has 2 aromatic heterocycles. The van der Waals surface area contributed by atoms with Crippen LogP contribution >= 0.6 is 0 Å². The number of aryl methyl sites for hydroxylation is 1. The molecule has 2 aromatic rings. The maximum atomic E-state index is 11.9. The zero-order valence-electron chi connectivity index (χ0n) is 16.5. The highest BCUT2D eigenvalue weighted by atomic mass is 16.5. The van der Waals surface area contributed by atoms with Gasteiger partial charge < -0.3 is 10.1 Å². The van der Waals surface area contributed by atoms with Gasteiger partial charge in [-0.05, 0) is 62.4 Å². The molecule has 3 heterocycles. The second-order valence-electron chi connectivity index (χ2n) is 7.27. The lowest BCUT2D eigenvalue weighted by atomic mass is 9.99. The molecule has 1 saturated heterocycles. The lowest BCUT2D eigenvalue weighted by Crippen LogP contribution is -2.25. The molecule has 1 aliphatic rings. The Morgan fingerprint density at radius 3 is 2.93 bits per heavy atom. The lowest BCUT2D eigenvalue weighted by Gasteiger charge is -2.25. The van der Waals surface area contributed by atoms with Gasteiger partial charge in [0.25, 0.3) is 5.91 Å². The van der Waals surface area contributed by atoms with Crippen molar-refractivity contribution in [3.63, 3.8) is 0 Å².